The lowest BCUT2D eigenvalue weighted by molar-refractivity contribution is -0.139. The van der Waals surface area contributed by atoms with Crippen molar-refractivity contribution in [1.29, 1.82) is 0 Å². The zero-order chi connectivity index (χ0) is 15.4. The quantitative estimate of drug-likeness (QED) is 0.803. The highest BCUT2D eigenvalue weighted by molar-refractivity contribution is 6.35. The van der Waals surface area contributed by atoms with Crippen LogP contribution in [0.2, 0.25) is 0 Å². The first kappa shape index (κ1) is 14.8. The molecule has 6 nitrogen and oxygen atoms in total. The Morgan fingerprint density at radius 1 is 1.09 bits per heavy atom. The van der Waals surface area contributed by atoms with E-state index in [0.29, 0.717) is 12.5 Å². The minimum atomic E-state index is -0.497. The first-order valence-electron chi connectivity index (χ1n) is 7.96. The van der Waals surface area contributed by atoms with E-state index in [-0.39, 0.29) is 6.04 Å². The van der Waals surface area contributed by atoms with Crippen LogP contribution < -0.4 is 15.5 Å². The van der Waals surface area contributed by atoms with Crippen molar-refractivity contribution in [3.8, 4) is 0 Å². The first-order chi connectivity index (χ1) is 10.7. The summed E-state index contributed by atoms with van der Waals surface area (Å²) in [7, 11) is 0. The minimum absolute atomic E-state index is 0.224. The molecule has 1 saturated heterocycles. The van der Waals surface area contributed by atoms with Crippen LogP contribution in [0.4, 0.5) is 5.69 Å². The summed E-state index contributed by atoms with van der Waals surface area (Å²) in [6.07, 6.45) is 7.64. The number of hydrogen-bond donors (Lipinski definition) is 2. The molecule has 1 aromatic heterocycles. The highest BCUT2D eigenvalue weighted by Gasteiger charge is 2.27. The summed E-state index contributed by atoms with van der Waals surface area (Å²) in [4.78, 5) is 29.6. The molecule has 1 aliphatic carbocycles. The van der Waals surface area contributed by atoms with E-state index < -0.39 is 11.8 Å². The molecule has 2 N–H and O–H groups in total. The summed E-state index contributed by atoms with van der Waals surface area (Å²) in [5.41, 5.74) is 1.20. The van der Waals surface area contributed by atoms with Gasteiger partial charge in [-0.3, -0.25) is 14.6 Å². The predicted octanol–water partition coefficient (Wildman–Crippen LogP) is 0.693. The number of hydrogen-bond acceptors (Lipinski definition) is 4. The second-order valence-corrected chi connectivity index (χ2v) is 6.09. The zero-order valence-electron chi connectivity index (χ0n) is 12.6. The van der Waals surface area contributed by atoms with Crippen LogP contribution in [0.25, 0.3) is 0 Å². The van der Waals surface area contributed by atoms with E-state index in [9.17, 15) is 9.59 Å². The Morgan fingerprint density at radius 3 is 2.41 bits per heavy atom. The van der Waals surface area contributed by atoms with Crippen LogP contribution in [0.15, 0.2) is 24.5 Å². The molecule has 22 heavy (non-hydrogen) atoms. The summed E-state index contributed by atoms with van der Waals surface area (Å²) in [5, 5.41) is 5.47. The van der Waals surface area contributed by atoms with E-state index in [1.165, 1.54) is 5.69 Å². The summed E-state index contributed by atoms with van der Waals surface area (Å²) >= 11 is 0. The topological polar surface area (TPSA) is 74.3 Å². The van der Waals surface area contributed by atoms with Crippen LogP contribution in [0.1, 0.15) is 25.7 Å². The predicted molar refractivity (Wildman–Crippen MR) is 83.3 cm³/mol. The third kappa shape index (κ3) is 3.96. The Hall–Kier alpha value is -2.11. The highest BCUT2D eigenvalue weighted by Crippen LogP contribution is 2.22. The molecule has 2 heterocycles. The van der Waals surface area contributed by atoms with Crippen LogP contribution in [0, 0.1) is 5.92 Å². The van der Waals surface area contributed by atoms with Crippen molar-refractivity contribution in [1.82, 2.24) is 15.6 Å². The number of amides is 2. The molecule has 0 spiro atoms. The van der Waals surface area contributed by atoms with Crippen LogP contribution in [0.5, 0.6) is 0 Å². The second kappa shape index (κ2) is 6.77. The van der Waals surface area contributed by atoms with Gasteiger partial charge in [0.05, 0.1) is 0 Å². The molecule has 118 valence electrons. The maximum absolute atomic E-state index is 11.7. The van der Waals surface area contributed by atoms with Gasteiger partial charge in [0.15, 0.2) is 0 Å². The molecule has 0 aromatic carbocycles. The fourth-order valence-corrected chi connectivity index (χ4v) is 2.75. The highest BCUT2D eigenvalue weighted by atomic mass is 16.2. The number of pyridine rings is 1. The van der Waals surface area contributed by atoms with Crippen molar-refractivity contribution in [2.75, 3.05) is 24.5 Å². The Bertz CT molecular complexity index is 522. The molecule has 2 amide bonds. The fraction of sp³-hybridized carbons (Fsp3) is 0.562. The average molecular weight is 302 g/mol. The Balaban J connectivity index is 1.38. The molecule has 1 aliphatic heterocycles. The summed E-state index contributed by atoms with van der Waals surface area (Å²) < 4.78 is 0. The van der Waals surface area contributed by atoms with Crippen molar-refractivity contribution in [2.24, 2.45) is 5.92 Å². The number of piperidine rings is 1. The number of carbonyl (C=O) groups is 2. The molecule has 0 atom stereocenters. The number of carbonyl (C=O) groups excluding carboxylic acids is 2. The van der Waals surface area contributed by atoms with Gasteiger partial charge in [0.1, 0.15) is 0 Å². The van der Waals surface area contributed by atoms with Gasteiger partial charge in [-0.2, -0.15) is 0 Å². The van der Waals surface area contributed by atoms with Crippen molar-refractivity contribution in [3.63, 3.8) is 0 Å². The Morgan fingerprint density at radius 2 is 1.77 bits per heavy atom. The van der Waals surface area contributed by atoms with Gasteiger partial charge in [-0.15, -0.1) is 0 Å². The number of rotatable bonds is 4. The molecule has 2 fully saturated rings. The zero-order valence-corrected chi connectivity index (χ0v) is 12.6. The summed E-state index contributed by atoms with van der Waals surface area (Å²) in [5.74, 6) is -0.545. The fourth-order valence-electron chi connectivity index (χ4n) is 2.75. The third-order valence-electron chi connectivity index (χ3n) is 4.31. The van der Waals surface area contributed by atoms with E-state index in [1.807, 2.05) is 12.1 Å². The van der Waals surface area contributed by atoms with Crippen LogP contribution in [-0.4, -0.2) is 42.5 Å². The van der Waals surface area contributed by atoms with Crippen molar-refractivity contribution in [2.45, 2.75) is 31.7 Å². The molecular formula is C16H22N4O2. The molecule has 0 bridgehead atoms. The average Bonchev–Trinajstić information content (AvgIpc) is 3.38. The lowest BCUT2D eigenvalue weighted by atomic mass is 9.96. The third-order valence-corrected chi connectivity index (χ3v) is 4.31. The maximum Gasteiger partial charge on any atom is 0.309 e. The van der Waals surface area contributed by atoms with E-state index in [4.69, 9.17) is 0 Å². The van der Waals surface area contributed by atoms with Gasteiger partial charge in [-0.25, -0.2) is 0 Å². The molecule has 6 heteroatoms. The van der Waals surface area contributed by atoms with Gasteiger partial charge >= 0.3 is 11.8 Å². The van der Waals surface area contributed by atoms with E-state index in [0.717, 1.165) is 38.8 Å². The first-order valence-corrected chi connectivity index (χ1v) is 7.96. The van der Waals surface area contributed by atoms with E-state index >= 15 is 0 Å². The standard InChI is InChI=1S/C16H22N4O2/c21-15(16(22)19-13-1-2-13)18-11-12-5-9-20(10-6-12)14-3-7-17-8-4-14/h3-4,7-8,12-13H,1-2,5-6,9-11H2,(H,18,21)(H,19,22). The van der Waals surface area contributed by atoms with Crippen LogP contribution in [0.3, 0.4) is 0 Å². The molecular weight excluding hydrogens is 280 g/mol. The van der Waals surface area contributed by atoms with Crippen LogP contribution >= 0.6 is 0 Å². The molecule has 0 radical (unpaired) electrons. The SMILES string of the molecule is O=C(NCC1CCN(c2ccncc2)CC1)C(=O)NC1CC1. The second-order valence-electron chi connectivity index (χ2n) is 6.09. The number of nitrogens with one attached hydrogen (secondary N) is 2. The normalized spacial score (nSPS) is 18.8. The smallest absolute Gasteiger partial charge is 0.309 e. The van der Waals surface area contributed by atoms with Crippen molar-refractivity contribution >= 4 is 17.5 Å². The number of anilines is 1. The van der Waals surface area contributed by atoms with Crippen molar-refractivity contribution < 1.29 is 9.59 Å². The van der Waals surface area contributed by atoms with Gasteiger partial charge in [-0.1, -0.05) is 0 Å². The van der Waals surface area contributed by atoms with Gasteiger partial charge in [0.25, 0.3) is 0 Å². The van der Waals surface area contributed by atoms with E-state index in [1.54, 1.807) is 12.4 Å². The lowest BCUT2D eigenvalue weighted by Crippen LogP contribution is -2.44. The monoisotopic (exact) mass is 302 g/mol. The largest absolute Gasteiger partial charge is 0.371 e. The molecule has 3 rings (SSSR count). The molecule has 2 aliphatic rings. The molecule has 0 unspecified atom stereocenters. The van der Waals surface area contributed by atoms with Crippen LogP contribution in [-0.2, 0) is 9.59 Å². The molecule has 1 aromatic rings. The van der Waals surface area contributed by atoms with Crippen molar-refractivity contribution in [3.05, 3.63) is 24.5 Å². The maximum atomic E-state index is 11.7. The van der Waals surface area contributed by atoms with Gasteiger partial charge in [0.2, 0.25) is 0 Å². The van der Waals surface area contributed by atoms with Gasteiger partial charge < -0.3 is 15.5 Å². The minimum Gasteiger partial charge on any atom is -0.371 e. The number of nitrogens with zero attached hydrogens (tertiary/aromatic N) is 2. The Labute approximate surface area is 130 Å². The van der Waals surface area contributed by atoms with Gasteiger partial charge in [0, 0.05) is 43.8 Å². The summed E-state index contributed by atoms with van der Waals surface area (Å²) in [6.45, 7) is 2.53. The molecule has 1 saturated carbocycles. The Kier molecular flexibility index (Phi) is 4.56. The summed E-state index contributed by atoms with van der Waals surface area (Å²) in [6, 6.07) is 4.26. The van der Waals surface area contributed by atoms with E-state index in [2.05, 4.69) is 20.5 Å². The van der Waals surface area contributed by atoms with Gasteiger partial charge in [-0.05, 0) is 43.7 Å². The number of aromatic nitrogens is 1. The lowest BCUT2D eigenvalue weighted by Gasteiger charge is -2.33.